The van der Waals surface area contributed by atoms with Gasteiger partial charge in [-0.15, -0.1) is 0 Å². The van der Waals surface area contributed by atoms with Crippen LogP contribution in [0.25, 0.3) is 0 Å². The maximum Gasteiger partial charge on any atom is 0.336 e. The van der Waals surface area contributed by atoms with Gasteiger partial charge in [-0.05, 0) is 43.5 Å². The molecule has 0 aliphatic heterocycles. The molecule has 1 aliphatic rings. The van der Waals surface area contributed by atoms with Crippen molar-refractivity contribution in [2.45, 2.75) is 36.7 Å². The molecule has 22 heavy (non-hydrogen) atoms. The normalized spacial score (nSPS) is 17.6. The van der Waals surface area contributed by atoms with Gasteiger partial charge in [0.25, 0.3) is 0 Å². The molecule has 0 amide bonds. The average molecular weight is 327 g/mol. The first-order chi connectivity index (χ1) is 10.1. The van der Waals surface area contributed by atoms with E-state index in [4.69, 9.17) is 5.11 Å². The third kappa shape index (κ3) is 3.34. The highest BCUT2D eigenvalue weighted by molar-refractivity contribution is 7.89. The highest BCUT2D eigenvalue weighted by atomic mass is 32.2. The van der Waals surface area contributed by atoms with Crippen LogP contribution in [0.15, 0.2) is 23.1 Å². The molecular weight excluding hydrogens is 310 g/mol. The molecule has 1 atom stereocenters. The average Bonchev–Trinajstić information content (AvgIpc) is 2.45. The van der Waals surface area contributed by atoms with Crippen molar-refractivity contribution < 1.29 is 28.2 Å². The van der Waals surface area contributed by atoms with Crippen LogP contribution in [0.2, 0.25) is 0 Å². The van der Waals surface area contributed by atoms with Crippen molar-refractivity contribution >= 4 is 21.8 Å². The van der Waals surface area contributed by atoms with Crippen LogP contribution in [0, 0.1) is 0 Å². The Balaban J connectivity index is 2.24. The number of benzene rings is 1. The first kappa shape index (κ1) is 16.6. The van der Waals surface area contributed by atoms with Gasteiger partial charge in [-0.1, -0.05) is 0 Å². The molecule has 0 heterocycles. The number of aryl methyl sites for hydroxylation is 1. The van der Waals surface area contributed by atoms with Crippen LogP contribution in [-0.4, -0.2) is 42.5 Å². The summed E-state index contributed by atoms with van der Waals surface area (Å²) >= 11 is 0. The molecule has 0 spiro atoms. The van der Waals surface area contributed by atoms with Gasteiger partial charge < -0.3 is 10.2 Å². The monoisotopic (exact) mass is 327 g/mol. The number of Topliss-reactive ketones (excluding diaryl/α,β-unsaturated/α-hetero) is 1. The number of carboxylic acids is 1. The van der Waals surface area contributed by atoms with Gasteiger partial charge in [-0.2, -0.15) is 0 Å². The first-order valence-corrected chi connectivity index (χ1v) is 8.23. The highest BCUT2D eigenvalue weighted by Gasteiger charge is 2.32. The van der Waals surface area contributed by atoms with E-state index in [9.17, 15) is 23.1 Å². The summed E-state index contributed by atoms with van der Waals surface area (Å²) in [6, 6.07) is 4.20. The lowest BCUT2D eigenvalue weighted by molar-refractivity contribution is -0.155. The molecule has 2 rings (SSSR count). The molecule has 0 saturated heterocycles. The number of carbonyl (C=O) groups excluding carboxylic acids is 1. The number of carboxylic acid groups (broad SMARTS) is 1. The number of rotatable bonds is 5. The van der Waals surface area contributed by atoms with Crippen molar-refractivity contribution in [1.82, 2.24) is 4.72 Å². The molecule has 0 bridgehead atoms. The number of fused-ring (bicyclic) bond motifs is 1. The summed E-state index contributed by atoms with van der Waals surface area (Å²) in [5.41, 5.74) is -0.996. The number of nitrogens with one attached hydrogen (secondary N) is 1. The maximum atomic E-state index is 12.2. The molecule has 1 aliphatic carbocycles. The molecule has 3 N–H and O–H groups in total. The predicted octanol–water partition coefficient (Wildman–Crippen LogP) is 0.320. The molecule has 120 valence electrons. The lowest BCUT2D eigenvalue weighted by Crippen LogP contribution is -2.46. The Kier molecular flexibility index (Phi) is 4.37. The van der Waals surface area contributed by atoms with Crippen molar-refractivity contribution in [3.05, 3.63) is 29.3 Å². The number of sulfonamides is 1. The Morgan fingerprint density at radius 1 is 1.36 bits per heavy atom. The number of carbonyl (C=O) groups is 2. The molecule has 0 radical (unpaired) electrons. The third-order valence-corrected chi connectivity index (χ3v) is 5.00. The fourth-order valence-corrected chi connectivity index (χ4v) is 3.37. The fourth-order valence-electron chi connectivity index (χ4n) is 2.18. The van der Waals surface area contributed by atoms with E-state index in [-0.39, 0.29) is 10.7 Å². The number of aliphatic hydroxyl groups is 1. The second kappa shape index (κ2) is 5.79. The van der Waals surface area contributed by atoms with E-state index >= 15 is 0 Å². The number of hydrogen-bond acceptors (Lipinski definition) is 5. The van der Waals surface area contributed by atoms with E-state index < -0.39 is 28.1 Å². The zero-order valence-corrected chi connectivity index (χ0v) is 12.8. The van der Waals surface area contributed by atoms with Gasteiger partial charge in [0.1, 0.15) is 0 Å². The van der Waals surface area contributed by atoms with Crippen LogP contribution in [0.4, 0.5) is 0 Å². The van der Waals surface area contributed by atoms with Gasteiger partial charge in [0.05, 0.1) is 11.4 Å². The van der Waals surface area contributed by atoms with E-state index in [0.717, 1.165) is 6.92 Å². The maximum absolute atomic E-state index is 12.2. The van der Waals surface area contributed by atoms with E-state index in [1.54, 1.807) is 0 Å². The first-order valence-electron chi connectivity index (χ1n) is 6.75. The molecule has 0 fully saturated rings. The summed E-state index contributed by atoms with van der Waals surface area (Å²) in [6.45, 7) is 0.351. The van der Waals surface area contributed by atoms with Crippen LogP contribution in [0.5, 0.6) is 0 Å². The molecule has 0 aromatic heterocycles. The Morgan fingerprint density at radius 2 is 2.05 bits per heavy atom. The molecule has 0 saturated carbocycles. The topological polar surface area (TPSA) is 121 Å². The van der Waals surface area contributed by atoms with Crippen LogP contribution in [0.3, 0.4) is 0 Å². The minimum Gasteiger partial charge on any atom is -0.479 e. The number of aliphatic carboxylic acids is 1. The molecule has 8 heteroatoms. The van der Waals surface area contributed by atoms with Crippen LogP contribution >= 0.6 is 0 Å². The van der Waals surface area contributed by atoms with E-state index in [1.807, 2.05) is 0 Å². The second-order valence-electron chi connectivity index (χ2n) is 5.50. The van der Waals surface area contributed by atoms with Crippen molar-refractivity contribution in [1.29, 1.82) is 0 Å². The van der Waals surface area contributed by atoms with Gasteiger partial charge in [0.2, 0.25) is 10.0 Å². The Labute approximate surface area is 128 Å². The molecular formula is C14H17NO6S. The summed E-state index contributed by atoms with van der Waals surface area (Å²) < 4.78 is 26.4. The van der Waals surface area contributed by atoms with Crippen molar-refractivity contribution in [2.75, 3.05) is 6.54 Å². The molecule has 1 aromatic rings. The van der Waals surface area contributed by atoms with E-state index in [1.165, 1.54) is 18.2 Å². The zero-order valence-electron chi connectivity index (χ0n) is 12.0. The summed E-state index contributed by atoms with van der Waals surface area (Å²) in [7, 11) is -3.96. The SMILES string of the molecule is CC(O)(CNS(=O)(=O)c1ccc2c(c1)CCCC2=O)C(=O)O. The van der Waals surface area contributed by atoms with Crippen molar-refractivity contribution in [3.63, 3.8) is 0 Å². The minimum absolute atomic E-state index is 0.00744. The predicted molar refractivity (Wildman–Crippen MR) is 77.2 cm³/mol. The standard InChI is InChI=1S/C14H17NO6S/c1-14(19,13(17)18)8-15-22(20,21)10-5-6-11-9(7-10)3-2-4-12(11)16/h5-7,15,19H,2-4,8H2,1H3,(H,17,18). The quantitative estimate of drug-likeness (QED) is 0.716. The smallest absolute Gasteiger partial charge is 0.336 e. The van der Waals surface area contributed by atoms with Crippen molar-refractivity contribution in [2.24, 2.45) is 0 Å². The highest BCUT2D eigenvalue weighted by Crippen LogP contribution is 2.24. The largest absolute Gasteiger partial charge is 0.479 e. The summed E-state index contributed by atoms with van der Waals surface area (Å²) in [4.78, 5) is 22.4. The van der Waals surface area contributed by atoms with E-state index in [0.29, 0.717) is 30.4 Å². The molecule has 1 aromatic carbocycles. The van der Waals surface area contributed by atoms with Crippen LogP contribution < -0.4 is 4.72 Å². The molecule has 1 unspecified atom stereocenters. The van der Waals surface area contributed by atoms with Gasteiger partial charge in [-0.3, -0.25) is 4.79 Å². The minimum atomic E-state index is -3.96. The van der Waals surface area contributed by atoms with E-state index in [2.05, 4.69) is 4.72 Å². The third-order valence-electron chi connectivity index (χ3n) is 3.60. The van der Waals surface area contributed by atoms with Crippen LogP contribution in [-0.2, 0) is 21.2 Å². The Bertz CT molecular complexity index is 723. The Hall–Kier alpha value is -1.77. The Morgan fingerprint density at radius 3 is 2.68 bits per heavy atom. The van der Waals surface area contributed by atoms with Crippen LogP contribution in [0.1, 0.15) is 35.7 Å². The summed E-state index contributed by atoms with van der Waals surface area (Å²) in [6.07, 6.45) is 1.76. The molecule has 7 nitrogen and oxygen atoms in total. The van der Waals surface area contributed by atoms with Gasteiger partial charge in [0, 0.05) is 12.0 Å². The zero-order chi connectivity index (χ0) is 16.5. The lowest BCUT2D eigenvalue weighted by Gasteiger charge is -2.19. The lowest BCUT2D eigenvalue weighted by atomic mass is 9.91. The van der Waals surface area contributed by atoms with Crippen molar-refractivity contribution in [3.8, 4) is 0 Å². The van der Waals surface area contributed by atoms with Gasteiger partial charge >= 0.3 is 5.97 Å². The second-order valence-corrected chi connectivity index (χ2v) is 7.27. The number of hydrogen-bond donors (Lipinski definition) is 3. The van der Waals surface area contributed by atoms with Gasteiger partial charge in [-0.25, -0.2) is 17.9 Å². The summed E-state index contributed by atoms with van der Waals surface area (Å²) in [5, 5.41) is 18.3. The van der Waals surface area contributed by atoms with Gasteiger partial charge in [0.15, 0.2) is 11.4 Å². The fraction of sp³-hybridized carbons (Fsp3) is 0.429. The summed E-state index contributed by atoms with van der Waals surface area (Å²) in [5.74, 6) is -1.53. The number of ketones is 1.